The predicted octanol–water partition coefficient (Wildman–Crippen LogP) is 3.84. The minimum absolute atomic E-state index is 0.104. The summed E-state index contributed by atoms with van der Waals surface area (Å²) in [6, 6.07) is 9.46. The highest BCUT2D eigenvalue weighted by atomic mass is 32.1. The van der Waals surface area contributed by atoms with Gasteiger partial charge in [-0.1, -0.05) is 12.1 Å². The van der Waals surface area contributed by atoms with Crippen LogP contribution < -0.4 is 10.2 Å². The van der Waals surface area contributed by atoms with Crippen molar-refractivity contribution in [2.45, 2.75) is 0 Å². The lowest BCUT2D eigenvalue weighted by Crippen LogP contribution is -2.08. The molecule has 3 nitrogen and oxygen atoms in total. The van der Waals surface area contributed by atoms with Gasteiger partial charge in [-0.25, -0.2) is 0 Å². The Morgan fingerprint density at radius 3 is 2.37 bits per heavy atom. The first kappa shape index (κ1) is 12.2. The summed E-state index contributed by atoms with van der Waals surface area (Å²) in [4.78, 5) is 17.5. The fourth-order valence-electron chi connectivity index (χ4n) is 1.91. The van der Waals surface area contributed by atoms with E-state index in [1.54, 1.807) is 28.7 Å². The van der Waals surface area contributed by atoms with Crippen LogP contribution in [0.15, 0.2) is 45.9 Å². The van der Waals surface area contributed by atoms with E-state index >= 15 is 0 Å². The highest BCUT2D eigenvalue weighted by Gasteiger charge is 2.14. The number of pyridine rings is 1. The van der Waals surface area contributed by atoms with Gasteiger partial charge in [0.15, 0.2) is 5.75 Å². The van der Waals surface area contributed by atoms with Gasteiger partial charge in [0.25, 0.3) is 0 Å². The van der Waals surface area contributed by atoms with Gasteiger partial charge in [-0.3, -0.25) is 4.79 Å². The molecule has 0 spiro atoms. The van der Waals surface area contributed by atoms with Crippen molar-refractivity contribution in [1.82, 2.24) is 4.98 Å². The third-order valence-electron chi connectivity index (χ3n) is 2.74. The summed E-state index contributed by atoms with van der Waals surface area (Å²) in [7, 11) is 1.52. The molecule has 0 atom stereocenters. The molecule has 0 saturated carbocycles. The normalized spacial score (nSPS) is 10.6. The maximum Gasteiger partial charge on any atom is 0.224 e. The molecule has 3 rings (SSSR count). The van der Waals surface area contributed by atoms with Crippen molar-refractivity contribution >= 4 is 22.7 Å². The smallest absolute Gasteiger partial charge is 0.224 e. The highest BCUT2D eigenvalue weighted by molar-refractivity contribution is 7.13. The third-order valence-corrected chi connectivity index (χ3v) is 4.53. The second-order valence-corrected chi connectivity index (χ2v) is 5.81. The van der Waals surface area contributed by atoms with Crippen LogP contribution in [0.3, 0.4) is 0 Å². The van der Waals surface area contributed by atoms with Crippen LogP contribution in [0.2, 0.25) is 0 Å². The number of ether oxygens (including phenoxy) is 1. The molecule has 1 N–H and O–H groups in total. The van der Waals surface area contributed by atoms with Crippen LogP contribution >= 0.6 is 22.7 Å². The van der Waals surface area contributed by atoms with E-state index in [-0.39, 0.29) is 5.43 Å². The average Bonchev–Trinajstić information content (AvgIpc) is 3.11. The Bertz CT molecular complexity index is 727. The highest BCUT2D eigenvalue weighted by Crippen LogP contribution is 2.32. The van der Waals surface area contributed by atoms with E-state index < -0.39 is 0 Å². The molecule has 0 saturated heterocycles. The van der Waals surface area contributed by atoms with Crippen molar-refractivity contribution in [2.24, 2.45) is 0 Å². The third kappa shape index (κ3) is 2.22. The van der Waals surface area contributed by atoms with Crippen LogP contribution in [0, 0.1) is 0 Å². The topological polar surface area (TPSA) is 42.1 Å². The Hall–Kier alpha value is -1.85. The van der Waals surface area contributed by atoms with Gasteiger partial charge in [0.2, 0.25) is 5.43 Å². The van der Waals surface area contributed by atoms with Gasteiger partial charge in [-0.05, 0) is 22.9 Å². The second kappa shape index (κ2) is 5.03. The molecular formula is C14H11NO2S2. The zero-order chi connectivity index (χ0) is 13.2. The number of hydrogen-bond acceptors (Lipinski definition) is 4. The van der Waals surface area contributed by atoms with Gasteiger partial charge in [0, 0.05) is 6.07 Å². The first-order valence-electron chi connectivity index (χ1n) is 5.68. The summed E-state index contributed by atoms with van der Waals surface area (Å²) >= 11 is 3.17. The van der Waals surface area contributed by atoms with E-state index in [9.17, 15) is 4.79 Å². The second-order valence-electron chi connectivity index (χ2n) is 3.91. The van der Waals surface area contributed by atoms with Crippen molar-refractivity contribution in [1.29, 1.82) is 0 Å². The Balaban J connectivity index is 2.24. The lowest BCUT2D eigenvalue weighted by Gasteiger charge is -2.08. The standard InChI is InChI=1S/C14H11NO2S2/c1-17-14-10(16)8-9(11-4-2-6-18-11)15-13(14)12-5-3-7-19-12/h2-8H,1H3,(H,15,16). The summed E-state index contributed by atoms with van der Waals surface area (Å²) in [5, 5.41) is 3.97. The van der Waals surface area contributed by atoms with E-state index in [2.05, 4.69) is 4.98 Å². The van der Waals surface area contributed by atoms with Gasteiger partial charge in [0.1, 0.15) is 5.69 Å². The van der Waals surface area contributed by atoms with E-state index in [0.717, 1.165) is 21.1 Å². The van der Waals surface area contributed by atoms with Crippen LogP contribution in [-0.4, -0.2) is 12.1 Å². The monoisotopic (exact) mass is 289 g/mol. The molecule has 5 heteroatoms. The lowest BCUT2D eigenvalue weighted by molar-refractivity contribution is 0.411. The summed E-state index contributed by atoms with van der Waals surface area (Å²) in [6.45, 7) is 0. The fraction of sp³-hybridized carbons (Fsp3) is 0.0714. The zero-order valence-electron chi connectivity index (χ0n) is 10.2. The average molecular weight is 289 g/mol. The van der Waals surface area contributed by atoms with Crippen molar-refractivity contribution in [3.05, 3.63) is 51.3 Å². The van der Waals surface area contributed by atoms with Crippen molar-refractivity contribution in [3.63, 3.8) is 0 Å². The Kier molecular flexibility index (Phi) is 3.23. The van der Waals surface area contributed by atoms with E-state index in [4.69, 9.17) is 4.74 Å². The summed E-state index contributed by atoms with van der Waals surface area (Å²) < 4.78 is 5.24. The van der Waals surface area contributed by atoms with Gasteiger partial charge < -0.3 is 9.72 Å². The number of nitrogens with one attached hydrogen (secondary N) is 1. The van der Waals surface area contributed by atoms with Gasteiger partial charge >= 0.3 is 0 Å². The molecule has 0 aliphatic rings. The number of aromatic nitrogens is 1. The zero-order valence-corrected chi connectivity index (χ0v) is 11.8. The van der Waals surface area contributed by atoms with Crippen molar-refractivity contribution in [3.8, 4) is 26.9 Å². The maximum atomic E-state index is 12.1. The Morgan fingerprint density at radius 2 is 1.79 bits per heavy atom. The minimum Gasteiger partial charge on any atom is -0.491 e. The molecule has 19 heavy (non-hydrogen) atoms. The number of aromatic amines is 1. The van der Waals surface area contributed by atoms with Crippen LogP contribution in [0.25, 0.3) is 21.1 Å². The molecule has 0 amide bonds. The van der Waals surface area contributed by atoms with Crippen LogP contribution in [0.4, 0.5) is 0 Å². The maximum absolute atomic E-state index is 12.1. The van der Waals surface area contributed by atoms with Crippen LogP contribution in [0.1, 0.15) is 0 Å². The molecule has 3 aromatic rings. The molecule has 0 aliphatic carbocycles. The number of rotatable bonds is 3. The Labute approximate surface area is 118 Å². The van der Waals surface area contributed by atoms with Gasteiger partial charge in [-0.2, -0.15) is 0 Å². The molecule has 3 aromatic heterocycles. The molecule has 0 radical (unpaired) electrons. The molecule has 0 bridgehead atoms. The molecule has 96 valence electrons. The quantitative estimate of drug-likeness (QED) is 0.796. The van der Waals surface area contributed by atoms with Gasteiger partial charge in [-0.15, -0.1) is 22.7 Å². The molecule has 3 heterocycles. The Morgan fingerprint density at radius 1 is 1.11 bits per heavy atom. The summed E-state index contributed by atoms with van der Waals surface area (Å²) in [5.41, 5.74) is 1.46. The fourth-order valence-corrected chi connectivity index (χ4v) is 3.33. The first-order chi connectivity index (χ1) is 9.29. The van der Waals surface area contributed by atoms with E-state index in [1.165, 1.54) is 7.11 Å². The predicted molar refractivity (Wildman–Crippen MR) is 80.2 cm³/mol. The largest absolute Gasteiger partial charge is 0.491 e. The van der Waals surface area contributed by atoms with Crippen LogP contribution in [0.5, 0.6) is 5.75 Å². The van der Waals surface area contributed by atoms with E-state index in [1.807, 2.05) is 35.0 Å². The molecule has 0 unspecified atom stereocenters. The molecule has 0 fully saturated rings. The SMILES string of the molecule is COc1c(-c2cccs2)[nH]c(-c2cccs2)cc1=O. The first-order valence-corrected chi connectivity index (χ1v) is 7.44. The minimum atomic E-state index is -0.104. The van der Waals surface area contributed by atoms with Gasteiger partial charge in [0.05, 0.1) is 22.6 Å². The number of methoxy groups -OCH3 is 1. The van der Waals surface area contributed by atoms with Crippen molar-refractivity contribution in [2.75, 3.05) is 7.11 Å². The van der Waals surface area contributed by atoms with Crippen molar-refractivity contribution < 1.29 is 4.74 Å². The number of thiophene rings is 2. The molecular weight excluding hydrogens is 278 g/mol. The van der Waals surface area contributed by atoms with Crippen LogP contribution in [-0.2, 0) is 0 Å². The summed E-state index contributed by atoms with van der Waals surface area (Å²) in [6.07, 6.45) is 0. The number of hydrogen-bond donors (Lipinski definition) is 1. The lowest BCUT2D eigenvalue weighted by atomic mass is 10.2. The van der Waals surface area contributed by atoms with E-state index in [0.29, 0.717) is 5.75 Å². The molecule has 0 aliphatic heterocycles. The number of H-pyrrole nitrogens is 1. The molecule has 0 aromatic carbocycles. The summed E-state index contributed by atoms with van der Waals surface area (Å²) in [5.74, 6) is 0.364.